The van der Waals surface area contributed by atoms with Crippen molar-refractivity contribution in [3.8, 4) is 33.4 Å². The average molecular weight is 714 g/mol. The van der Waals surface area contributed by atoms with Crippen LogP contribution in [0.15, 0.2) is 217 Å². The molecule has 11 aromatic rings. The highest BCUT2D eigenvalue weighted by Gasteiger charge is 2.27. The fourth-order valence-corrected chi connectivity index (χ4v) is 8.68. The lowest BCUT2D eigenvalue weighted by Gasteiger charge is -2.31. The molecule has 0 saturated heterocycles. The topological polar surface area (TPSA) is 16.4 Å². The molecule has 2 heteroatoms. The highest BCUT2D eigenvalue weighted by atomic mass is 16.3. The van der Waals surface area contributed by atoms with Gasteiger partial charge in [-0.3, -0.25) is 0 Å². The van der Waals surface area contributed by atoms with Gasteiger partial charge in [-0.2, -0.15) is 0 Å². The number of para-hydroxylation sites is 2. The first-order valence-electron chi connectivity index (χ1n) is 19.2. The van der Waals surface area contributed by atoms with Gasteiger partial charge in [0.05, 0.1) is 16.8 Å². The summed E-state index contributed by atoms with van der Waals surface area (Å²) in [5.74, 6) is 0. The third-order valence-corrected chi connectivity index (χ3v) is 11.2. The van der Waals surface area contributed by atoms with Crippen LogP contribution in [0.2, 0.25) is 0 Å². The molecule has 0 amide bonds. The number of anilines is 3. The zero-order valence-corrected chi connectivity index (χ0v) is 30.6. The van der Waals surface area contributed by atoms with Gasteiger partial charge in [-0.05, 0) is 79.3 Å². The molecule has 0 aliphatic heterocycles. The highest BCUT2D eigenvalue weighted by Crippen LogP contribution is 2.52. The third-order valence-electron chi connectivity index (χ3n) is 11.2. The van der Waals surface area contributed by atoms with Crippen molar-refractivity contribution >= 4 is 71.3 Å². The van der Waals surface area contributed by atoms with E-state index in [4.69, 9.17) is 4.42 Å². The van der Waals surface area contributed by atoms with Crippen molar-refractivity contribution in [1.29, 1.82) is 0 Å². The summed E-state index contributed by atoms with van der Waals surface area (Å²) >= 11 is 0. The molecule has 0 fully saturated rings. The van der Waals surface area contributed by atoms with Crippen LogP contribution in [0.25, 0.3) is 87.6 Å². The van der Waals surface area contributed by atoms with Crippen molar-refractivity contribution in [1.82, 2.24) is 0 Å². The fourth-order valence-electron chi connectivity index (χ4n) is 8.68. The second kappa shape index (κ2) is 13.2. The van der Waals surface area contributed by atoms with E-state index in [0.29, 0.717) is 0 Å². The molecule has 0 N–H and O–H groups in total. The molecule has 0 aliphatic rings. The molecule has 262 valence electrons. The number of nitrogens with zero attached hydrogens (tertiary/aromatic N) is 1. The minimum atomic E-state index is 0.862. The first-order valence-corrected chi connectivity index (χ1v) is 19.2. The maximum absolute atomic E-state index is 6.97. The lowest BCUT2D eigenvalue weighted by Crippen LogP contribution is -2.13. The predicted molar refractivity (Wildman–Crippen MR) is 237 cm³/mol. The molecule has 2 nitrogen and oxygen atoms in total. The van der Waals surface area contributed by atoms with Crippen molar-refractivity contribution in [3.05, 3.63) is 212 Å². The van der Waals surface area contributed by atoms with Gasteiger partial charge in [0.1, 0.15) is 11.2 Å². The van der Waals surface area contributed by atoms with Crippen LogP contribution in [0.3, 0.4) is 0 Å². The summed E-state index contributed by atoms with van der Waals surface area (Å²) in [5.41, 5.74) is 11.8. The normalized spacial score (nSPS) is 11.6. The van der Waals surface area contributed by atoms with Crippen molar-refractivity contribution in [2.45, 2.75) is 0 Å². The largest absolute Gasteiger partial charge is 0.455 e. The summed E-state index contributed by atoms with van der Waals surface area (Å²) in [6.07, 6.45) is 0. The van der Waals surface area contributed by atoms with Gasteiger partial charge >= 0.3 is 0 Å². The van der Waals surface area contributed by atoms with E-state index in [1.165, 1.54) is 32.3 Å². The van der Waals surface area contributed by atoms with E-state index < -0.39 is 0 Å². The monoisotopic (exact) mass is 713 g/mol. The van der Waals surface area contributed by atoms with Crippen LogP contribution in [0.5, 0.6) is 0 Å². The van der Waals surface area contributed by atoms with Gasteiger partial charge in [-0.25, -0.2) is 0 Å². The number of rotatable bonds is 6. The van der Waals surface area contributed by atoms with E-state index in [2.05, 4.69) is 217 Å². The minimum Gasteiger partial charge on any atom is -0.455 e. The van der Waals surface area contributed by atoms with Gasteiger partial charge in [0.25, 0.3) is 0 Å². The van der Waals surface area contributed by atoms with Crippen LogP contribution in [0, 0.1) is 0 Å². The van der Waals surface area contributed by atoms with Crippen LogP contribution in [0.1, 0.15) is 0 Å². The SMILES string of the molecule is c1ccc(-c2cccc(-c3ccccc3)c2N(c2ccc3c(ccc4ccccc43)c2)c2ccc(-c3cccc4ccccc34)c3oc4ccccc4c23)cc1. The minimum absolute atomic E-state index is 0.862. The molecular weight excluding hydrogens is 679 g/mol. The second-order valence-electron chi connectivity index (χ2n) is 14.4. The molecule has 0 unspecified atom stereocenters. The maximum Gasteiger partial charge on any atom is 0.145 e. The molecule has 56 heavy (non-hydrogen) atoms. The Morgan fingerprint density at radius 2 is 0.893 bits per heavy atom. The van der Waals surface area contributed by atoms with Crippen LogP contribution >= 0.6 is 0 Å². The summed E-state index contributed by atoms with van der Waals surface area (Å²) in [5, 5.41) is 9.46. The molecule has 11 rings (SSSR count). The lowest BCUT2D eigenvalue weighted by molar-refractivity contribution is 0.670. The van der Waals surface area contributed by atoms with Crippen molar-refractivity contribution in [2.24, 2.45) is 0 Å². The second-order valence-corrected chi connectivity index (χ2v) is 14.4. The molecule has 0 bridgehead atoms. The number of hydrogen-bond donors (Lipinski definition) is 0. The average Bonchev–Trinajstić information content (AvgIpc) is 3.67. The van der Waals surface area contributed by atoms with Crippen LogP contribution < -0.4 is 4.90 Å². The molecule has 0 aliphatic carbocycles. The van der Waals surface area contributed by atoms with E-state index >= 15 is 0 Å². The zero-order valence-electron chi connectivity index (χ0n) is 30.6. The molecule has 0 radical (unpaired) electrons. The van der Waals surface area contributed by atoms with Crippen molar-refractivity contribution in [2.75, 3.05) is 4.90 Å². The van der Waals surface area contributed by atoms with Gasteiger partial charge in [0, 0.05) is 27.8 Å². The number of furan rings is 1. The number of benzene rings is 10. The van der Waals surface area contributed by atoms with E-state index in [9.17, 15) is 0 Å². The third kappa shape index (κ3) is 5.19. The summed E-state index contributed by atoms with van der Waals surface area (Å²) in [4.78, 5) is 2.48. The quantitative estimate of drug-likeness (QED) is 0.160. The Morgan fingerprint density at radius 3 is 1.64 bits per heavy atom. The van der Waals surface area contributed by atoms with Gasteiger partial charge in [0.15, 0.2) is 0 Å². The van der Waals surface area contributed by atoms with E-state index in [-0.39, 0.29) is 0 Å². The molecule has 1 heterocycles. The molecule has 0 spiro atoms. The Labute approximate surface area is 325 Å². The van der Waals surface area contributed by atoms with Crippen LogP contribution in [-0.4, -0.2) is 0 Å². The Bertz CT molecular complexity index is 3190. The first kappa shape index (κ1) is 32.0. The van der Waals surface area contributed by atoms with Crippen molar-refractivity contribution < 1.29 is 4.42 Å². The molecule has 10 aromatic carbocycles. The Kier molecular flexibility index (Phi) is 7.53. The summed E-state index contributed by atoms with van der Waals surface area (Å²) < 4.78 is 6.97. The Hall–Kier alpha value is -7.42. The summed E-state index contributed by atoms with van der Waals surface area (Å²) in [6.45, 7) is 0. The molecule has 0 atom stereocenters. The lowest BCUT2D eigenvalue weighted by atomic mass is 9.92. The molecular formula is C54H35NO. The van der Waals surface area contributed by atoms with Crippen LogP contribution in [-0.2, 0) is 0 Å². The Balaban J connectivity index is 1.28. The molecule has 1 aromatic heterocycles. The fraction of sp³-hybridized carbons (Fsp3) is 0. The van der Waals surface area contributed by atoms with Crippen LogP contribution in [0.4, 0.5) is 17.1 Å². The number of fused-ring (bicyclic) bond motifs is 7. The maximum atomic E-state index is 6.97. The summed E-state index contributed by atoms with van der Waals surface area (Å²) in [6, 6.07) is 76.5. The van der Waals surface area contributed by atoms with Gasteiger partial charge in [-0.15, -0.1) is 0 Å². The number of hydrogen-bond acceptors (Lipinski definition) is 2. The first-order chi connectivity index (χ1) is 27.8. The van der Waals surface area contributed by atoms with E-state index in [1.54, 1.807) is 0 Å². The van der Waals surface area contributed by atoms with Gasteiger partial charge in [-0.1, -0.05) is 182 Å². The van der Waals surface area contributed by atoms with Gasteiger partial charge < -0.3 is 9.32 Å². The smallest absolute Gasteiger partial charge is 0.145 e. The van der Waals surface area contributed by atoms with E-state index in [1.807, 2.05) is 0 Å². The molecule has 0 saturated carbocycles. The Morgan fingerprint density at radius 1 is 0.339 bits per heavy atom. The van der Waals surface area contributed by atoms with Gasteiger partial charge in [0.2, 0.25) is 0 Å². The summed E-state index contributed by atoms with van der Waals surface area (Å²) in [7, 11) is 0. The zero-order chi connectivity index (χ0) is 37.0. The van der Waals surface area contributed by atoms with Crippen molar-refractivity contribution in [3.63, 3.8) is 0 Å². The highest BCUT2D eigenvalue weighted by molar-refractivity contribution is 6.20. The van der Waals surface area contributed by atoms with E-state index in [0.717, 1.165) is 72.4 Å². The predicted octanol–water partition coefficient (Wildman–Crippen LogP) is 15.5. The standard InChI is InChI=1S/C54H35NO/c1-3-15-37(16-4-1)45-25-14-26-46(38-17-5-2-6-18-38)53(45)55(41-31-32-44-40(35-41)30-29-39-20-8-9-22-42(39)44)50-34-33-48(47-27-13-21-36-19-7-10-23-43(36)47)54-52(50)49-24-11-12-28-51(49)56-54/h1-35H.